The van der Waals surface area contributed by atoms with Crippen LogP contribution in [-0.2, 0) is 142 Å². The number of rotatable bonds is 52. The molecule has 0 N–H and O–H groups in total. The minimum absolute atomic E-state index is 0.0338. The molecule has 2 atom stereocenters. The predicted octanol–water partition coefficient (Wildman–Crippen LogP) is 20.4. The fourth-order valence-electron chi connectivity index (χ4n) is 13.6. The lowest BCUT2D eigenvalue weighted by Crippen LogP contribution is -2.88. The summed E-state index contributed by atoms with van der Waals surface area (Å²) in [5.74, 6) is -0.572. The van der Waals surface area contributed by atoms with Crippen LogP contribution in [0.1, 0.15) is 290 Å². The number of carbonyl (C=O) groups is 5. The van der Waals surface area contributed by atoms with Gasteiger partial charge in [-0.15, -0.1) is 0 Å². The van der Waals surface area contributed by atoms with Crippen LogP contribution in [0.4, 0.5) is 13.2 Å². The van der Waals surface area contributed by atoms with Gasteiger partial charge in [0, 0.05) is 61.0 Å². The van der Waals surface area contributed by atoms with E-state index in [9.17, 15) is 54.0 Å². The Morgan fingerprint density at radius 3 is 1.02 bits per heavy atom. The first-order valence-corrected chi connectivity index (χ1v) is 67.1. The Hall–Kier alpha value is -2.72. The number of quaternary nitrogens is 1. The Kier molecular flexibility index (Phi) is 54.4. The van der Waals surface area contributed by atoms with Crippen LogP contribution in [0.5, 0.6) is 0 Å². The molecule has 0 spiro atoms. The molecule has 32 nitrogen and oxygen atoms in total. The average molecular weight is 2110 g/mol. The van der Waals surface area contributed by atoms with E-state index in [1.165, 1.54) is 44.1 Å². The molecule has 135 heavy (non-hydrogen) atoms. The number of sulfonamides is 1. The van der Waals surface area contributed by atoms with Crippen molar-refractivity contribution in [3.8, 4) is 0 Å². The van der Waals surface area contributed by atoms with Crippen LogP contribution in [0.2, 0.25) is 48.4 Å². The largest absolute Gasteiger partial charge is 0.480 e. The molecule has 7 fully saturated rings. The molecule has 0 aliphatic carbocycles. The van der Waals surface area contributed by atoms with E-state index in [1.54, 1.807) is 32.0 Å². The van der Waals surface area contributed by atoms with Crippen LogP contribution in [0.3, 0.4) is 0 Å². The summed E-state index contributed by atoms with van der Waals surface area (Å²) >= 11 is 0. The smallest absolute Gasteiger partial charge is 0.465 e. The predicted molar refractivity (Wildman–Crippen MR) is 528 cm³/mol. The second-order valence-electron chi connectivity index (χ2n) is 42.3. The van der Waals surface area contributed by atoms with E-state index >= 15 is 0 Å². The molecular weight excluding hydrogens is 1930 g/mol. The zero-order valence-corrected chi connectivity index (χ0v) is 97.9. The van der Waals surface area contributed by atoms with E-state index in [4.69, 9.17) is 82.5 Å². The van der Waals surface area contributed by atoms with Crippen molar-refractivity contribution in [2.24, 2.45) is 69.0 Å². The van der Waals surface area contributed by atoms with Crippen LogP contribution in [0.25, 0.3) is 4.13 Å². The highest BCUT2D eigenvalue weighted by Crippen LogP contribution is 2.56. The summed E-state index contributed by atoms with van der Waals surface area (Å²) in [6.45, 7) is 61.8. The van der Waals surface area contributed by atoms with Crippen molar-refractivity contribution < 1.29 is 150 Å². The summed E-state index contributed by atoms with van der Waals surface area (Å²) in [6.07, 6.45) is 12.9. The Balaban J connectivity index is 0.000000655. The molecular formula is C90H177F3N2O30S2Si8. The summed E-state index contributed by atoms with van der Waals surface area (Å²) < 4.78 is 220. The SMILES string of the molecule is CCC(C)(C)C(=O)OCC1CO1.CCC(C)(C)C(=O)OCCC[Si]12O[Si]3(CC(C)C)O[Si]4(CC(C)C)O[Si](CC(C)C)(O1)O[Si]1(CC(C)C)O[Si](CC(C)C)(O2)O[Si](CC(C)C)(O3)O[Si](CC(C)C)(O4)O1.CCC(C)(C)C(=O)OCCOCCOC.CCC(C)(C)C(=O)OCCOS(=O)(=O)[N-]S(=O)(=O)C(F)(F)F.CCCCCCCCCOC(=O)C(C)CC.C[N+](C)(C)Cc1ccccc1. The molecule has 2 unspecified atom stereocenters. The third kappa shape index (κ3) is 46.9. The van der Waals surface area contributed by atoms with E-state index in [1.807, 2.05) is 76.2 Å². The fourth-order valence-corrected chi connectivity index (χ4v) is 66.9. The molecule has 7 aliphatic rings. The minimum atomic E-state index is -6.23. The molecule has 8 rings (SSSR count). The van der Waals surface area contributed by atoms with Gasteiger partial charge in [0.25, 0.3) is 0 Å². The first-order valence-electron chi connectivity index (χ1n) is 48.9. The van der Waals surface area contributed by atoms with Crippen molar-refractivity contribution in [2.75, 3.05) is 94.3 Å². The number of halogens is 3. The summed E-state index contributed by atoms with van der Waals surface area (Å²) in [6, 6.07) is 14.0. The highest BCUT2D eigenvalue weighted by molar-refractivity contribution is 8.10. The van der Waals surface area contributed by atoms with Gasteiger partial charge in [0.2, 0.25) is 10.3 Å². The Bertz CT molecular complexity index is 3740. The number of hydrogen-bond acceptors (Lipinski definition) is 30. The number of nitrogens with zero attached hydrogens (tertiary/aromatic N) is 2. The number of ether oxygens (including phenoxy) is 8. The van der Waals surface area contributed by atoms with E-state index in [0.717, 1.165) is 43.3 Å². The first kappa shape index (κ1) is 128. The lowest BCUT2D eigenvalue weighted by atomic mass is 9.91. The Labute approximate surface area is 819 Å². The lowest BCUT2D eigenvalue weighted by molar-refractivity contribution is -0.884. The maximum Gasteiger partial charge on any atom is 0.480 e. The van der Waals surface area contributed by atoms with Gasteiger partial charge in [-0.25, -0.2) is 16.8 Å². The minimum Gasteiger partial charge on any atom is -0.465 e. The second kappa shape index (κ2) is 57.2. The molecule has 1 aromatic rings. The molecule has 0 radical (unpaired) electrons. The van der Waals surface area contributed by atoms with Crippen LogP contribution in [0, 0.1) is 69.0 Å². The maximum absolute atomic E-state index is 13.2. The van der Waals surface area contributed by atoms with Gasteiger partial charge in [0.15, 0.2) is 10.0 Å². The van der Waals surface area contributed by atoms with Gasteiger partial charge in [0.05, 0.1) is 95.0 Å². The van der Waals surface area contributed by atoms with Gasteiger partial charge >= 0.3 is 106 Å². The van der Waals surface area contributed by atoms with Crippen molar-refractivity contribution in [3.05, 3.63) is 40.0 Å². The van der Waals surface area contributed by atoms with Crippen LogP contribution >= 0.6 is 0 Å². The van der Waals surface area contributed by atoms with Crippen LogP contribution in [0.15, 0.2) is 30.3 Å². The number of benzene rings is 1. The number of epoxide rings is 1. The summed E-state index contributed by atoms with van der Waals surface area (Å²) in [7, 11) is -35.3. The van der Waals surface area contributed by atoms with Crippen LogP contribution in [-0.4, -0.2) is 228 Å². The maximum atomic E-state index is 13.2. The quantitative estimate of drug-likeness (QED) is 0.0146. The van der Waals surface area contributed by atoms with Gasteiger partial charge in [0.1, 0.15) is 32.5 Å². The van der Waals surface area contributed by atoms with Gasteiger partial charge in [-0.05, 0) is 142 Å². The van der Waals surface area contributed by atoms with Crippen LogP contribution < -0.4 is 0 Å². The first-order chi connectivity index (χ1) is 62.1. The van der Waals surface area contributed by atoms with Gasteiger partial charge in [-0.3, -0.25) is 28.2 Å². The third-order valence-electron chi connectivity index (χ3n) is 22.2. The van der Waals surface area contributed by atoms with Crippen molar-refractivity contribution in [2.45, 2.75) is 351 Å². The molecule has 792 valence electrons. The average Bonchev–Trinajstić information content (AvgIpc) is 1.50. The normalized spacial score (nSPS) is 24.7. The van der Waals surface area contributed by atoms with Crippen molar-refractivity contribution in [1.29, 1.82) is 0 Å². The Morgan fingerprint density at radius 2 is 0.719 bits per heavy atom. The van der Waals surface area contributed by atoms with Crippen molar-refractivity contribution in [1.82, 2.24) is 0 Å². The van der Waals surface area contributed by atoms with Gasteiger partial charge in [-0.2, -0.15) is 13.2 Å². The number of methoxy groups -OCH3 is 1. The highest BCUT2D eigenvalue weighted by atomic mass is 32.3. The molecule has 8 bridgehead atoms. The number of carbonyl (C=O) groups excluding carboxylic acids is 5. The third-order valence-corrected chi connectivity index (χ3v) is 64.8. The lowest BCUT2D eigenvalue weighted by Gasteiger charge is -2.64. The standard InChI is InChI=1S/C37H80O14Si8.C14H28O2.C11H22O4.C10H16N.C9H15F3NO7S2.C9H16O3/c1-18-37(16,17)36(38)39-20-19-21-52-40-53(22-29(2)3)43-56(25-32(8)9)45-54(41-52,23-30(4)5)47-58(27-34(12)13)48-55(42-52,24-31(6)7)46-57(44-53,26-33(10)11)50-59(49-56,51-58)28-35(14)15;1-4-6-7-8-9-10-11-12-16-14(15)13(3)5-2;1-5-11(2,3)10(12)15-9-8-14-7-6-13-4;1-11(2,3)9-10-7-5-4-6-8-10;1-4-8(2,3)7(14)19-5-6-20-22(17,18)13-21(15,16)9(10,11)12;1-4-9(2,3)8(10)12-6-7-5-11-7/h29-35H,18-28H2,1-17H3;13H,4-12H2,1-3H3;5-9H2,1-4H3;4-8H,9H2,1-3H3;4-6H2,1-3H3;7H,4-6H2,1-3H3/q;;;+1;-1;. The molecule has 7 aliphatic heterocycles. The number of esters is 5. The van der Waals surface area contributed by atoms with E-state index < -0.39 is 132 Å². The topological polar surface area (TPSA) is 365 Å². The summed E-state index contributed by atoms with van der Waals surface area (Å²) in [5, 5.41) is 0. The Morgan fingerprint density at radius 1 is 0.415 bits per heavy atom. The van der Waals surface area contributed by atoms with Gasteiger partial charge in [-0.1, -0.05) is 214 Å². The summed E-state index contributed by atoms with van der Waals surface area (Å²) in [5.41, 5.74) is -6.65. The molecule has 0 aromatic heterocycles. The van der Waals surface area contributed by atoms with Crippen molar-refractivity contribution in [3.63, 3.8) is 0 Å². The monoisotopic (exact) mass is 2110 g/mol. The van der Waals surface area contributed by atoms with E-state index in [-0.39, 0.29) is 95.4 Å². The van der Waals surface area contributed by atoms with E-state index in [2.05, 4.69) is 164 Å². The molecule has 7 heterocycles. The highest BCUT2D eigenvalue weighted by Gasteiger charge is 2.83. The number of unbranched alkanes of at least 4 members (excludes halogenated alkanes) is 6. The molecule has 0 amide bonds. The number of hydrogen-bond donors (Lipinski definition) is 0. The zero-order chi connectivity index (χ0) is 103. The van der Waals surface area contributed by atoms with Crippen molar-refractivity contribution >= 4 is 121 Å². The van der Waals surface area contributed by atoms with Gasteiger partial charge < -0.3 is 95.9 Å². The van der Waals surface area contributed by atoms with E-state index in [0.29, 0.717) is 101 Å². The zero-order valence-electron chi connectivity index (χ0n) is 88.3. The molecule has 7 saturated heterocycles. The summed E-state index contributed by atoms with van der Waals surface area (Å²) in [4.78, 5) is 58.9. The molecule has 45 heteroatoms. The fraction of sp³-hybridized carbons (Fsp3) is 0.878. The second-order valence-corrected chi connectivity index (χ2v) is 69.5. The molecule has 0 saturated carbocycles. The number of alkyl halides is 3. The molecule has 1 aromatic carbocycles.